The summed E-state index contributed by atoms with van der Waals surface area (Å²) in [7, 11) is 1.58. The lowest BCUT2D eigenvalue weighted by Crippen LogP contribution is -2.39. The number of hydrogen-bond acceptors (Lipinski definition) is 7. The minimum absolute atomic E-state index is 0.202. The minimum Gasteiger partial charge on any atom is -0.497 e. The van der Waals surface area contributed by atoms with Crippen molar-refractivity contribution in [3.8, 4) is 11.5 Å². The van der Waals surface area contributed by atoms with Gasteiger partial charge >= 0.3 is 5.97 Å². The molecule has 1 aliphatic rings. The summed E-state index contributed by atoms with van der Waals surface area (Å²) in [6, 6.07) is 19.2. The quantitative estimate of drug-likeness (QED) is 0.240. The van der Waals surface area contributed by atoms with E-state index in [1.165, 1.54) is 11.3 Å². The van der Waals surface area contributed by atoms with Crippen molar-refractivity contribution in [1.29, 1.82) is 0 Å². The molecule has 0 spiro atoms. The van der Waals surface area contributed by atoms with E-state index in [-0.39, 0.29) is 18.8 Å². The molecule has 1 aromatic heterocycles. The van der Waals surface area contributed by atoms with Crippen LogP contribution in [0.25, 0.3) is 6.08 Å². The molecule has 1 aliphatic heterocycles. The summed E-state index contributed by atoms with van der Waals surface area (Å²) in [4.78, 5) is 32.2. The third kappa shape index (κ3) is 5.95. The molecule has 1 unspecified atom stereocenters. The van der Waals surface area contributed by atoms with Gasteiger partial charge in [0.1, 0.15) is 18.1 Å². The van der Waals surface area contributed by atoms with Crippen molar-refractivity contribution < 1.29 is 19.0 Å². The normalized spacial score (nSPS) is 14.9. The molecule has 1 atom stereocenters. The van der Waals surface area contributed by atoms with Crippen LogP contribution in [0, 0.1) is 0 Å². The van der Waals surface area contributed by atoms with Crippen LogP contribution in [0.5, 0.6) is 11.5 Å². The van der Waals surface area contributed by atoms with Gasteiger partial charge in [0.2, 0.25) is 0 Å². The summed E-state index contributed by atoms with van der Waals surface area (Å²) in [6.45, 7) is 3.92. The maximum absolute atomic E-state index is 13.9. The van der Waals surface area contributed by atoms with Gasteiger partial charge in [0.15, 0.2) is 4.80 Å². The lowest BCUT2D eigenvalue weighted by atomic mass is 9.96. The fraction of sp³-hybridized carbons (Fsp3) is 0.194. The largest absolute Gasteiger partial charge is 0.497 e. The van der Waals surface area contributed by atoms with Crippen LogP contribution in [0.4, 0.5) is 0 Å². The number of thiazole rings is 1. The number of carbonyl (C=O) groups excluding carboxylic acids is 1. The maximum Gasteiger partial charge on any atom is 0.338 e. The maximum atomic E-state index is 13.9. The van der Waals surface area contributed by atoms with Gasteiger partial charge in [0.25, 0.3) is 5.56 Å². The number of benzene rings is 3. The van der Waals surface area contributed by atoms with Crippen LogP contribution in [-0.4, -0.2) is 24.3 Å². The number of esters is 1. The third-order valence-electron chi connectivity index (χ3n) is 6.55. The highest BCUT2D eigenvalue weighted by atomic mass is 35.5. The SMILES string of the molecule is CCOC(=O)C1=C(C)N=c2sc(=Cc3ccccc3OCc3ccc(Cl)cc3Cl)c(=O)n2C1c1ccc(OC)cc1. The van der Waals surface area contributed by atoms with Gasteiger partial charge in [-0.2, -0.15) is 0 Å². The molecule has 0 bridgehead atoms. The summed E-state index contributed by atoms with van der Waals surface area (Å²) in [5.74, 6) is 0.735. The monoisotopic (exact) mass is 608 g/mol. The second-order valence-electron chi connectivity index (χ2n) is 9.14. The Morgan fingerprint density at radius 1 is 1.10 bits per heavy atom. The number of fused-ring (bicyclic) bond motifs is 1. The first-order valence-corrected chi connectivity index (χ1v) is 14.4. The number of carbonyl (C=O) groups is 1. The molecule has 0 amide bonds. The molecule has 0 radical (unpaired) electrons. The van der Waals surface area contributed by atoms with Crippen molar-refractivity contribution in [2.45, 2.75) is 26.5 Å². The van der Waals surface area contributed by atoms with Gasteiger partial charge in [-0.25, -0.2) is 9.79 Å². The Kier molecular flexibility index (Phi) is 8.63. The highest BCUT2D eigenvalue weighted by Crippen LogP contribution is 2.32. The van der Waals surface area contributed by atoms with Crippen molar-refractivity contribution in [1.82, 2.24) is 4.57 Å². The van der Waals surface area contributed by atoms with Crippen molar-refractivity contribution in [3.05, 3.63) is 124 Å². The number of aromatic nitrogens is 1. The van der Waals surface area contributed by atoms with Gasteiger partial charge in [-0.3, -0.25) is 9.36 Å². The summed E-state index contributed by atoms with van der Waals surface area (Å²) >= 11 is 13.6. The van der Waals surface area contributed by atoms with E-state index >= 15 is 0 Å². The van der Waals surface area contributed by atoms with E-state index in [2.05, 4.69) is 4.99 Å². The number of methoxy groups -OCH3 is 1. The molecule has 210 valence electrons. The van der Waals surface area contributed by atoms with Crippen molar-refractivity contribution >= 4 is 46.6 Å². The predicted octanol–water partition coefficient (Wildman–Crippen LogP) is 5.69. The van der Waals surface area contributed by atoms with Gasteiger partial charge in [0, 0.05) is 21.2 Å². The van der Waals surface area contributed by atoms with Crippen LogP contribution in [0.3, 0.4) is 0 Å². The fourth-order valence-electron chi connectivity index (χ4n) is 4.56. The standard InChI is InChI=1S/C31H26Cl2N2O5S/c1-4-39-30(37)27-18(2)34-31-35(28(27)19-10-13-23(38-3)14-11-19)29(36)26(41-31)15-20-7-5-6-8-25(20)40-17-21-9-12-22(32)16-24(21)33/h5-16,28H,4,17H2,1-3H3. The van der Waals surface area contributed by atoms with Crippen molar-refractivity contribution in [2.24, 2.45) is 4.99 Å². The van der Waals surface area contributed by atoms with Crippen LogP contribution >= 0.6 is 34.5 Å². The molecule has 0 saturated heterocycles. The summed E-state index contributed by atoms with van der Waals surface area (Å²) in [5, 5.41) is 1.05. The lowest BCUT2D eigenvalue weighted by molar-refractivity contribution is -0.139. The van der Waals surface area contributed by atoms with Crippen LogP contribution in [0.15, 0.2) is 87.8 Å². The molecular formula is C31H26Cl2N2O5S. The van der Waals surface area contributed by atoms with E-state index in [4.69, 9.17) is 37.4 Å². The molecule has 0 saturated carbocycles. The average Bonchev–Trinajstić information content (AvgIpc) is 3.26. The smallest absolute Gasteiger partial charge is 0.338 e. The zero-order chi connectivity index (χ0) is 29.1. The molecular weight excluding hydrogens is 583 g/mol. The molecule has 3 aromatic carbocycles. The Labute approximate surface area is 250 Å². The predicted molar refractivity (Wildman–Crippen MR) is 161 cm³/mol. The fourth-order valence-corrected chi connectivity index (χ4v) is 6.06. The van der Waals surface area contributed by atoms with Crippen LogP contribution in [0.2, 0.25) is 10.0 Å². The van der Waals surface area contributed by atoms with Crippen molar-refractivity contribution in [3.63, 3.8) is 0 Å². The zero-order valence-corrected chi connectivity index (χ0v) is 24.8. The Morgan fingerprint density at radius 2 is 1.85 bits per heavy atom. The second kappa shape index (κ2) is 12.3. The topological polar surface area (TPSA) is 79.1 Å². The van der Waals surface area contributed by atoms with E-state index in [1.807, 2.05) is 42.5 Å². The number of allylic oxidation sites excluding steroid dienone is 1. The average molecular weight is 610 g/mol. The Hall–Kier alpha value is -3.85. The number of rotatable bonds is 8. The number of hydrogen-bond donors (Lipinski definition) is 0. The molecule has 5 rings (SSSR count). The van der Waals surface area contributed by atoms with Gasteiger partial charge in [-0.1, -0.05) is 70.9 Å². The molecule has 7 nitrogen and oxygen atoms in total. The van der Waals surface area contributed by atoms with E-state index in [9.17, 15) is 9.59 Å². The van der Waals surface area contributed by atoms with Crippen LogP contribution in [-0.2, 0) is 16.1 Å². The second-order valence-corrected chi connectivity index (χ2v) is 11.0. The van der Waals surface area contributed by atoms with Gasteiger partial charge in [-0.15, -0.1) is 0 Å². The molecule has 0 aliphatic carbocycles. The highest BCUT2D eigenvalue weighted by Gasteiger charge is 2.33. The van der Waals surface area contributed by atoms with Crippen LogP contribution in [0.1, 0.15) is 36.6 Å². The Morgan fingerprint density at radius 3 is 2.56 bits per heavy atom. The highest BCUT2D eigenvalue weighted by molar-refractivity contribution is 7.07. The molecule has 0 fully saturated rings. The number of para-hydroxylation sites is 1. The Balaban J connectivity index is 1.58. The van der Waals surface area contributed by atoms with Gasteiger partial charge in [0.05, 0.1) is 35.6 Å². The van der Waals surface area contributed by atoms with E-state index in [0.717, 1.165) is 11.1 Å². The summed E-state index contributed by atoms with van der Waals surface area (Å²) in [6.07, 6.45) is 1.77. The molecule has 2 heterocycles. The van der Waals surface area contributed by atoms with Crippen molar-refractivity contribution in [2.75, 3.05) is 13.7 Å². The molecule has 41 heavy (non-hydrogen) atoms. The third-order valence-corrected chi connectivity index (χ3v) is 8.12. The van der Waals surface area contributed by atoms with Gasteiger partial charge in [-0.05, 0) is 55.8 Å². The van der Waals surface area contributed by atoms with Crippen LogP contribution < -0.4 is 24.4 Å². The lowest BCUT2D eigenvalue weighted by Gasteiger charge is -2.24. The number of ether oxygens (including phenoxy) is 3. The molecule has 4 aromatic rings. The Bertz CT molecular complexity index is 1830. The number of halogens is 2. The summed E-state index contributed by atoms with van der Waals surface area (Å²) in [5.41, 5.74) is 2.77. The molecule has 10 heteroatoms. The zero-order valence-electron chi connectivity index (χ0n) is 22.5. The van der Waals surface area contributed by atoms with E-state index in [0.29, 0.717) is 47.7 Å². The molecule has 0 N–H and O–H groups in total. The van der Waals surface area contributed by atoms with E-state index in [1.54, 1.807) is 55.9 Å². The minimum atomic E-state index is -0.711. The van der Waals surface area contributed by atoms with E-state index < -0.39 is 12.0 Å². The first kappa shape index (κ1) is 28.7. The first-order chi connectivity index (χ1) is 19.8. The number of nitrogens with zero attached hydrogens (tertiary/aromatic N) is 2. The summed E-state index contributed by atoms with van der Waals surface area (Å²) < 4.78 is 18.8. The van der Waals surface area contributed by atoms with Gasteiger partial charge < -0.3 is 14.2 Å². The first-order valence-electron chi connectivity index (χ1n) is 12.8.